The van der Waals surface area contributed by atoms with Gasteiger partial charge in [-0.25, -0.2) is 4.98 Å². The second-order valence-electron chi connectivity index (χ2n) is 7.77. The van der Waals surface area contributed by atoms with Crippen LogP contribution >= 0.6 is 0 Å². The van der Waals surface area contributed by atoms with Crippen LogP contribution in [0, 0.1) is 27.7 Å². The quantitative estimate of drug-likeness (QED) is 0.615. The van der Waals surface area contributed by atoms with Crippen molar-refractivity contribution in [2.24, 2.45) is 0 Å². The minimum atomic E-state index is -4.94. The summed E-state index contributed by atoms with van der Waals surface area (Å²) in [5.74, 6) is -0.563. The Morgan fingerprint density at radius 3 is 2.23 bits per heavy atom. The fourth-order valence-corrected chi connectivity index (χ4v) is 3.48. The normalized spacial score (nSPS) is 12.8. The van der Waals surface area contributed by atoms with Crippen molar-refractivity contribution in [3.63, 3.8) is 0 Å². The molecule has 1 N–H and O–H groups in total. The number of rotatable bonds is 4. The maximum Gasteiger partial charge on any atom is 0.438 e. The van der Waals surface area contributed by atoms with Gasteiger partial charge in [0, 0.05) is 5.69 Å². The van der Waals surface area contributed by atoms with Gasteiger partial charge in [0.2, 0.25) is 11.6 Å². The molecule has 0 aliphatic rings. The average molecular weight is 431 g/mol. The van der Waals surface area contributed by atoms with Gasteiger partial charge < -0.3 is 5.32 Å². The van der Waals surface area contributed by atoms with E-state index >= 15 is 0 Å². The Bertz CT molecular complexity index is 1230. The number of alkyl halides is 3. The highest BCUT2D eigenvalue weighted by atomic mass is 19.4. The van der Waals surface area contributed by atoms with Crippen LogP contribution in [-0.4, -0.2) is 15.5 Å². The monoisotopic (exact) mass is 431 g/mol. The Balaban J connectivity index is 2.20. The summed E-state index contributed by atoms with van der Waals surface area (Å²) in [6, 6.07) is 7.31. The molecule has 0 bridgehead atoms. The lowest BCUT2D eigenvalue weighted by Gasteiger charge is -2.22. The highest BCUT2D eigenvalue weighted by molar-refractivity contribution is 5.95. The van der Waals surface area contributed by atoms with Gasteiger partial charge in [-0.15, -0.1) is 0 Å². The Kier molecular flexibility index (Phi) is 5.93. The number of nitrogens with one attached hydrogen (secondary N) is 1. The molecule has 1 amide bonds. The number of halogens is 3. The Morgan fingerprint density at radius 2 is 1.65 bits per heavy atom. The smallest absolute Gasteiger partial charge is 0.324 e. The first-order valence-electron chi connectivity index (χ1n) is 9.92. The number of fused-ring (bicyclic) bond motifs is 1. The van der Waals surface area contributed by atoms with Crippen LogP contribution in [0.25, 0.3) is 11.0 Å². The summed E-state index contributed by atoms with van der Waals surface area (Å²) >= 11 is 0. The number of aryl methyl sites for hydroxylation is 4. The number of hydrogen-bond donors (Lipinski definition) is 1. The van der Waals surface area contributed by atoms with Crippen molar-refractivity contribution >= 4 is 22.6 Å². The SMILES string of the molecule is CC[C@@H](C(=O)Nc1ccc(C)c(C)c1)n1c(=O)c(C(F)(F)F)nc2cc(C)c(C)cc21. The van der Waals surface area contributed by atoms with Gasteiger partial charge in [-0.1, -0.05) is 13.0 Å². The zero-order chi connectivity index (χ0) is 23.1. The third-order valence-corrected chi connectivity index (χ3v) is 5.55. The van der Waals surface area contributed by atoms with E-state index in [4.69, 9.17) is 0 Å². The van der Waals surface area contributed by atoms with Crippen LogP contribution in [0.2, 0.25) is 0 Å². The molecule has 1 aromatic heterocycles. The number of benzene rings is 2. The molecule has 0 aliphatic carbocycles. The average Bonchev–Trinajstić information content (AvgIpc) is 2.67. The molecule has 8 heteroatoms. The van der Waals surface area contributed by atoms with Crippen LogP contribution in [0.5, 0.6) is 0 Å². The van der Waals surface area contributed by atoms with E-state index < -0.39 is 29.4 Å². The summed E-state index contributed by atoms with van der Waals surface area (Å²) in [5.41, 5.74) is 1.41. The summed E-state index contributed by atoms with van der Waals surface area (Å²) in [6.45, 7) is 9.02. The molecular weight excluding hydrogens is 407 g/mol. The second kappa shape index (κ2) is 8.17. The molecule has 1 atom stereocenters. The van der Waals surface area contributed by atoms with E-state index in [2.05, 4.69) is 10.3 Å². The molecule has 0 spiro atoms. The summed E-state index contributed by atoms with van der Waals surface area (Å²) in [6.07, 6.45) is -4.81. The van der Waals surface area contributed by atoms with Crippen molar-refractivity contribution in [1.82, 2.24) is 9.55 Å². The molecule has 0 aliphatic heterocycles. The van der Waals surface area contributed by atoms with Gasteiger partial charge in [0.1, 0.15) is 6.04 Å². The number of anilines is 1. The number of carbonyl (C=O) groups excluding carboxylic acids is 1. The van der Waals surface area contributed by atoms with Gasteiger partial charge in [-0.3, -0.25) is 14.2 Å². The zero-order valence-corrected chi connectivity index (χ0v) is 18.0. The lowest BCUT2D eigenvalue weighted by Crippen LogP contribution is -2.37. The first kappa shape index (κ1) is 22.5. The van der Waals surface area contributed by atoms with Gasteiger partial charge in [-0.2, -0.15) is 13.2 Å². The predicted molar refractivity (Wildman–Crippen MR) is 114 cm³/mol. The number of hydrogen-bond acceptors (Lipinski definition) is 3. The van der Waals surface area contributed by atoms with E-state index in [-0.39, 0.29) is 17.5 Å². The van der Waals surface area contributed by atoms with Crippen LogP contribution in [0.4, 0.5) is 18.9 Å². The molecule has 31 heavy (non-hydrogen) atoms. The van der Waals surface area contributed by atoms with E-state index in [0.717, 1.165) is 26.8 Å². The Morgan fingerprint density at radius 1 is 1.03 bits per heavy atom. The van der Waals surface area contributed by atoms with Gasteiger partial charge in [0.15, 0.2) is 0 Å². The minimum Gasteiger partial charge on any atom is -0.324 e. The van der Waals surface area contributed by atoms with E-state index in [1.165, 1.54) is 6.07 Å². The van der Waals surface area contributed by atoms with E-state index in [9.17, 15) is 22.8 Å². The summed E-state index contributed by atoms with van der Waals surface area (Å²) in [7, 11) is 0. The fourth-order valence-electron chi connectivity index (χ4n) is 3.48. The lowest BCUT2D eigenvalue weighted by atomic mass is 10.1. The van der Waals surface area contributed by atoms with E-state index in [1.54, 1.807) is 39.0 Å². The summed E-state index contributed by atoms with van der Waals surface area (Å²) < 4.78 is 41.6. The molecule has 2 aromatic carbocycles. The molecule has 0 saturated heterocycles. The zero-order valence-electron chi connectivity index (χ0n) is 18.0. The number of nitrogens with zero attached hydrogens (tertiary/aromatic N) is 2. The van der Waals surface area contributed by atoms with E-state index in [1.807, 2.05) is 19.9 Å². The highest BCUT2D eigenvalue weighted by Gasteiger charge is 2.38. The van der Waals surface area contributed by atoms with Crippen molar-refractivity contribution < 1.29 is 18.0 Å². The molecule has 3 aromatic rings. The first-order chi connectivity index (χ1) is 14.4. The number of carbonyl (C=O) groups is 1. The van der Waals surface area contributed by atoms with Crippen molar-refractivity contribution in [2.75, 3.05) is 5.32 Å². The molecule has 0 saturated carbocycles. The highest BCUT2D eigenvalue weighted by Crippen LogP contribution is 2.29. The van der Waals surface area contributed by atoms with Crippen LogP contribution < -0.4 is 10.9 Å². The minimum absolute atomic E-state index is 0.0208. The fraction of sp³-hybridized carbons (Fsp3) is 0.348. The third kappa shape index (κ3) is 4.33. The van der Waals surface area contributed by atoms with Gasteiger partial charge in [-0.05, 0) is 80.6 Å². The number of amides is 1. The van der Waals surface area contributed by atoms with Crippen molar-refractivity contribution in [3.8, 4) is 0 Å². The molecule has 164 valence electrons. The number of aromatic nitrogens is 2. The van der Waals surface area contributed by atoms with Gasteiger partial charge in [0.05, 0.1) is 11.0 Å². The van der Waals surface area contributed by atoms with E-state index in [0.29, 0.717) is 5.69 Å². The first-order valence-corrected chi connectivity index (χ1v) is 9.92. The van der Waals surface area contributed by atoms with Crippen LogP contribution in [-0.2, 0) is 11.0 Å². The van der Waals surface area contributed by atoms with Crippen LogP contribution in [0.1, 0.15) is 47.3 Å². The molecule has 5 nitrogen and oxygen atoms in total. The van der Waals surface area contributed by atoms with Crippen molar-refractivity contribution in [1.29, 1.82) is 0 Å². The van der Waals surface area contributed by atoms with Crippen LogP contribution in [0.3, 0.4) is 0 Å². The lowest BCUT2D eigenvalue weighted by molar-refractivity contribution is -0.142. The second-order valence-corrected chi connectivity index (χ2v) is 7.77. The summed E-state index contributed by atoms with van der Waals surface area (Å²) in [4.78, 5) is 29.6. The van der Waals surface area contributed by atoms with Gasteiger partial charge >= 0.3 is 6.18 Å². The predicted octanol–water partition coefficient (Wildman–Crippen LogP) is 5.24. The maximum absolute atomic E-state index is 13.6. The third-order valence-electron chi connectivity index (χ3n) is 5.55. The topological polar surface area (TPSA) is 64.0 Å². The molecular formula is C23H24F3N3O2. The summed E-state index contributed by atoms with van der Waals surface area (Å²) in [5, 5.41) is 2.74. The molecule has 0 radical (unpaired) electrons. The van der Waals surface area contributed by atoms with Gasteiger partial charge in [0.25, 0.3) is 5.56 Å². The van der Waals surface area contributed by atoms with Crippen molar-refractivity contribution in [2.45, 2.75) is 53.3 Å². The molecule has 3 rings (SSSR count). The standard InChI is InChI=1S/C23H24F3N3O2/c1-6-18(21(30)27-16-8-7-12(2)13(3)9-16)29-19-11-15(5)14(4)10-17(19)28-20(22(29)31)23(24,25)26/h7-11,18H,6H2,1-5H3,(H,27,30)/t18-/m0/s1. The van der Waals surface area contributed by atoms with Crippen LogP contribution in [0.15, 0.2) is 35.1 Å². The maximum atomic E-state index is 13.6. The molecule has 1 heterocycles. The molecule has 0 fully saturated rings. The Labute approximate surface area is 177 Å². The molecule has 0 unspecified atom stereocenters. The Hall–Kier alpha value is -3.16. The largest absolute Gasteiger partial charge is 0.438 e. The van der Waals surface area contributed by atoms with Crippen molar-refractivity contribution in [3.05, 3.63) is 68.6 Å².